The van der Waals surface area contributed by atoms with Crippen molar-refractivity contribution in [3.63, 3.8) is 0 Å². The number of aryl methyl sites for hydroxylation is 2. The maximum absolute atomic E-state index is 12.5. The first-order valence-corrected chi connectivity index (χ1v) is 7.73. The minimum absolute atomic E-state index is 0.0915. The van der Waals surface area contributed by atoms with E-state index in [2.05, 4.69) is 22.6 Å². The van der Waals surface area contributed by atoms with Gasteiger partial charge in [-0.3, -0.25) is 9.48 Å². The first-order valence-electron chi connectivity index (χ1n) is 7.73. The second kappa shape index (κ2) is 6.73. The van der Waals surface area contributed by atoms with Gasteiger partial charge in [0.25, 0.3) is 5.91 Å². The molecule has 2 aromatic rings. The molecule has 22 heavy (non-hydrogen) atoms. The van der Waals surface area contributed by atoms with Crippen LogP contribution < -0.4 is 5.32 Å². The average molecular weight is 300 g/mol. The summed E-state index contributed by atoms with van der Waals surface area (Å²) in [5, 5.41) is 11.4. The summed E-state index contributed by atoms with van der Waals surface area (Å²) in [6, 6.07) is 7.56. The molecule has 118 valence electrons. The topological polar surface area (TPSA) is 59.8 Å². The number of nitrogens with one attached hydrogen (secondary N) is 1. The van der Waals surface area contributed by atoms with Crippen molar-refractivity contribution in [2.45, 2.75) is 52.6 Å². The Morgan fingerprint density at radius 2 is 2.05 bits per heavy atom. The molecule has 0 saturated heterocycles. The van der Waals surface area contributed by atoms with Crippen LogP contribution in [0.25, 0.3) is 0 Å². The molecule has 5 nitrogen and oxygen atoms in total. The zero-order valence-electron chi connectivity index (χ0n) is 13.8. The standard InChI is InChI=1S/C17H24N4O/c1-5-6-11-21-12-15(19-20-21)17(3,4)18-16(22)14-10-8-7-9-13(14)2/h7-10,12H,5-6,11H2,1-4H3,(H,18,22). The molecule has 5 heteroatoms. The molecule has 1 heterocycles. The van der Waals surface area contributed by atoms with Crippen LogP contribution in [0, 0.1) is 6.92 Å². The van der Waals surface area contributed by atoms with Crippen LogP contribution in [0.2, 0.25) is 0 Å². The predicted octanol–water partition coefficient (Wildman–Crippen LogP) is 3.05. The Labute approximate surface area is 131 Å². The highest BCUT2D eigenvalue weighted by molar-refractivity contribution is 5.96. The van der Waals surface area contributed by atoms with Gasteiger partial charge in [-0.1, -0.05) is 36.8 Å². The molecule has 1 N–H and O–H groups in total. The van der Waals surface area contributed by atoms with Crippen LogP contribution in [0.3, 0.4) is 0 Å². The highest BCUT2D eigenvalue weighted by atomic mass is 16.1. The Hall–Kier alpha value is -2.17. The lowest BCUT2D eigenvalue weighted by Crippen LogP contribution is -2.41. The predicted molar refractivity (Wildman–Crippen MR) is 86.6 cm³/mol. The van der Waals surface area contributed by atoms with Crippen LogP contribution in [0.15, 0.2) is 30.5 Å². The first kappa shape index (κ1) is 16.2. The third-order valence-electron chi connectivity index (χ3n) is 3.74. The Morgan fingerprint density at radius 1 is 1.32 bits per heavy atom. The van der Waals surface area contributed by atoms with Crippen molar-refractivity contribution in [2.75, 3.05) is 0 Å². The molecule has 0 spiro atoms. The van der Waals surface area contributed by atoms with E-state index in [1.165, 1.54) is 0 Å². The molecule has 0 unspecified atom stereocenters. The van der Waals surface area contributed by atoms with Gasteiger partial charge < -0.3 is 5.32 Å². The van der Waals surface area contributed by atoms with Crippen molar-refractivity contribution < 1.29 is 4.79 Å². The number of nitrogens with zero attached hydrogens (tertiary/aromatic N) is 3. The van der Waals surface area contributed by atoms with Crippen LogP contribution in [-0.4, -0.2) is 20.9 Å². The van der Waals surface area contributed by atoms with E-state index in [1.54, 1.807) is 0 Å². The van der Waals surface area contributed by atoms with E-state index in [0.29, 0.717) is 5.56 Å². The van der Waals surface area contributed by atoms with Crippen molar-refractivity contribution in [1.82, 2.24) is 20.3 Å². The van der Waals surface area contributed by atoms with Crippen molar-refractivity contribution in [2.24, 2.45) is 0 Å². The summed E-state index contributed by atoms with van der Waals surface area (Å²) in [5.41, 5.74) is 1.85. The van der Waals surface area contributed by atoms with Crippen LogP contribution in [0.5, 0.6) is 0 Å². The van der Waals surface area contributed by atoms with Gasteiger partial charge in [-0.2, -0.15) is 0 Å². The zero-order valence-corrected chi connectivity index (χ0v) is 13.8. The molecule has 0 radical (unpaired) electrons. The van der Waals surface area contributed by atoms with Crippen molar-refractivity contribution in [3.8, 4) is 0 Å². The summed E-state index contributed by atoms with van der Waals surface area (Å²) in [6.07, 6.45) is 4.09. The summed E-state index contributed by atoms with van der Waals surface area (Å²) in [6.45, 7) is 8.81. The summed E-state index contributed by atoms with van der Waals surface area (Å²) < 4.78 is 1.83. The van der Waals surface area contributed by atoms with E-state index < -0.39 is 5.54 Å². The normalized spacial score (nSPS) is 11.5. The quantitative estimate of drug-likeness (QED) is 0.892. The molecule has 0 bridgehead atoms. The first-order chi connectivity index (χ1) is 10.4. The fraction of sp³-hybridized carbons (Fsp3) is 0.471. The number of benzene rings is 1. The number of unbranched alkanes of at least 4 members (excludes halogenated alkanes) is 1. The molecule has 0 atom stereocenters. The maximum atomic E-state index is 12.5. The number of hydrogen-bond donors (Lipinski definition) is 1. The van der Waals surface area contributed by atoms with Crippen LogP contribution in [0.4, 0.5) is 0 Å². The molecule has 1 aromatic carbocycles. The van der Waals surface area contributed by atoms with Gasteiger partial charge in [-0.05, 0) is 38.8 Å². The Morgan fingerprint density at radius 3 is 2.73 bits per heavy atom. The van der Waals surface area contributed by atoms with Crippen LogP contribution >= 0.6 is 0 Å². The van der Waals surface area contributed by atoms with E-state index in [4.69, 9.17) is 0 Å². The van der Waals surface area contributed by atoms with E-state index in [-0.39, 0.29) is 5.91 Å². The smallest absolute Gasteiger partial charge is 0.252 e. The van der Waals surface area contributed by atoms with Gasteiger partial charge >= 0.3 is 0 Å². The Bertz CT molecular complexity index is 646. The molecule has 1 amide bonds. The Kier molecular flexibility index (Phi) is 4.96. The molecule has 0 aliphatic carbocycles. The number of aromatic nitrogens is 3. The highest BCUT2D eigenvalue weighted by Crippen LogP contribution is 2.19. The number of carbonyl (C=O) groups excluding carboxylic acids is 1. The summed E-state index contributed by atoms with van der Waals surface area (Å²) >= 11 is 0. The van der Waals surface area contributed by atoms with E-state index in [0.717, 1.165) is 30.6 Å². The lowest BCUT2D eigenvalue weighted by molar-refractivity contribution is 0.0909. The van der Waals surface area contributed by atoms with Crippen molar-refractivity contribution in [3.05, 3.63) is 47.3 Å². The number of carbonyl (C=O) groups is 1. The van der Waals surface area contributed by atoms with Crippen molar-refractivity contribution >= 4 is 5.91 Å². The minimum Gasteiger partial charge on any atom is -0.341 e. The molecular weight excluding hydrogens is 276 g/mol. The second-order valence-electron chi connectivity index (χ2n) is 6.11. The summed E-state index contributed by atoms with van der Waals surface area (Å²) in [4.78, 5) is 12.5. The molecule has 0 aliphatic heterocycles. The van der Waals surface area contributed by atoms with Crippen LogP contribution in [-0.2, 0) is 12.1 Å². The summed E-state index contributed by atoms with van der Waals surface area (Å²) in [7, 11) is 0. The van der Waals surface area contributed by atoms with Gasteiger partial charge in [0.1, 0.15) is 5.69 Å². The van der Waals surface area contributed by atoms with Gasteiger partial charge in [-0.25, -0.2) is 0 Å². The summed E-state index contributed by atoms with van der Waals surface area (Å²) in [5.74, 6) is -0.0915. The van der Waals surface area contributed by atoms with Gasteiger partial charge in [0.15, 0.2) is 0 Å². The fourth-order valence-electron chi connectivity index (χ4n) is 2.26. The fourth-order valence-corrected chi connectivity index (χ4v) is 2.26. The third kappa shape index (κ3) is 3.72. The number of amides is 1. The van der Waals surface area contributed by atoms with Crippen LogP contribution in [0.1, 0.15) is 55.2 Å². The lowest BCUT2D eigenvalue weighted by atomic mass is 10.00. The monoisotopic (exact) mass is 300 g/mol. The minimum atomic E-state index is -0.566. The van der Waals surface area contributed by atoms with Gasteiger partial charge in [0.05, 0.1) is 11.7 Å². The highest BCUT2D eigenvalue weighted by Gasteiger charge is 2.27. The third-order valence-corrected chi connectivity index (χ3v) is 3.74. The van der Waals surface area contributed by atoms with Gasteiger partial charge in [0, 0.05) is 12.1 Å². The molecule has 1 aromatic heterocycles. The molecule has 2 rings (SSSR count). The molecule has 0 aliphatic rings. The van der Waals surface area contributed by atoms with Gasteiger partial charge in [0.2, 0.25) is 0 Å². The van der Waals surface area contributed by atoms with E-state index in [1.807, 2.05) is 55.9 Å². The maximum Gasteiger partial charge on any atom is 0.252 e. The Balaban J connectivity index is 2.11. The number of hydrogen-bond acceptors (Lipinski definition) is 3. The molecule has 0 fully saturated rings. The molecular formula is C17H24N4O. The van der Waals surface area contributed by atoms with E-state index in [9.17, 15) is 4.79 Å². The van der Waals surface area contributed by atoms with Gasteiger partial charge in [-0.15, -0.1) is 5.10 Å². The SMILES string of the molecule is CCCCn1cc(C(C)(C)NC(=O)c2ccccc2C)nn1. The number of rotatable bonds is 6. The lowest BCUT2D eigenvalue weighted by Gasteiger charge is -2.24. The average Bonchev–Trinajstić information content (AvgIpc) is 2.94. The second-order valence-corrected chi connectivity index (χ2v) is 6.11. The van der Waals surface area contributed by atoms with E-state index >= 15 is 0 Å². The zero-order chi connectivity index (χ0) is 16.2. The van der Waals surface area contributed by atoms with Crippen molar-refractivity contribution in [1.29, 1.82) is 0 Å². The molecule has 0 saturated carbocycles. The largest absolute Gasteiger partial charge is 0.341 e.